The molecule has 9 heteroatoms. The average Bonchev–Trinajstić information content (AvgIpc) is 3.56. The van der Waals surface area contributed by atoms with E-state index in [4.69, 9.17) is 9.72 Å². The number of nitrogens with zero attached hydrogens (tertiary/aromatic N) is 4. The number of likely N-dealkylation sites (N-methyl/N-ethyl adjacent to an activating group) is 1. The first-order chi connectivity index (χ1) is 18.9. The van der Waals surface area contributed by atoms with E-state index in [0.717, 1.165) is 27.8 Å². The van der Waals surface area contributed by atoms with Crippen molar-refractivity contribution in [3.05, 3.63) is 77.3 Å². The molecule has 1 atom stereocenters. The van der Waals surface area contributed by atoms with E-state index in [0.29, 0.717) is 41.7 Å². The molecule has 0 saturated carbocycles. The molecule has 0 fully saturated rings. The third-order valence-corrected chi connectivity index (χ3v) is 7.97. The van der Waals surface area contributed by atoms with Crippen LogP contribution in [-0.2, 0) is 22.4 Å². The van der Waals surface area contributed by atoms with Crippen LogP contribution in [-0.4, -0.2) is 42.7 Å². The van der Waals surface area contributed by atoms with Gasteiger partial charge >= 0.3 is 0 Å². The maximum absolute atomic E-state index is 13.4. The van der Waals surface area contributed by atoms with Crippen molar-refractivity contribution in [2.75, 3.05) is 30.8 Å². The number of alkyl halides is 1. The number of pyridine rings is 1. The SMILES string of the molecule is CC[C@H](Cc1ccccc1)C(=O)N(C)c1nc(-c2cc(OCF)ccc2-c2cnc3c(c2)CC(=O)N3C)cs1. The van der Waals surface area contributed by atoms with E-state index in [2.05, 4.69) is 4.98 Å². The van der Waals surface area contributed by atoms with E-state index in [1.807, 2.05) is 54.8 Å². The van der Waals surface area contributed by atoms with Crippen molar-refractivity contribution in [1.82, 2.24) is 9.97 Å². The van der Waals surface area contributed by atoms with Crippen LogP contribution >= 0.6 is 11.3 Å². The first kappa shape index (κ1) is 26.5. The molecule has 4 aromatic rings. The van der Waals surface area contributed by atoms with Crippen molar-refractivity contribution in [2.45, 2.75) is 26.2 Å². The van der Waals surface area contributed by atoms with Gasteiger partial charge < -0.3 is 4.74 Å². The van der Waals surface area contributed by atoms with Crippen LogP contribution in [0.5, 0.6) is 5.75 Å². The third kappa shape index (κ3) is 5.40. The average molecular weight is 545 g/mol. The number of carbonyl (C=O) groups excluding carboxylic acids is 2. The highest BCUT2D eigenvalue weighted by Crippen LogP contribution is 2.39. The van der Waals surface area contributed by atoms with Crippen LogP contribution in [0.2, 0.25) is 0 Å². The fourth-order valence-corrected chi connectivity index (χ4v) is 5.63. The van der Waals surface area contributed by atoms with Gasteiger partial charge in [0, 0.05) is 48.3 Å². The van der Waals surface area contributed by atoms with Crippen molar-refractivity contribution in [3.63, 3.8) is 0 Å². The van der Waals surface area contributed by atoms with Crippen LogP contribution in [0.4, 0.5) is 15.3 Å². The second kappa shape index (κ2) is 11.3. The zero-order chi connectivity index (χ0) is 27.5. The molecule has 7 nitrogen and oxygen atoms in total. The molecule has 39 heavy (non-hydrogen) atoms. The van der Waals surface area contributed by atoms with Crippen molar-refractivity contribution < 1.29 is 18.7 Å². The maximum Gasteiger partial charge on any atom is 0.232 e. The minimum absolute atomic E-state index is 0.00365. The highest BCUT2D eigenvalue weighted by molar-refractivity contribution is 7.14. The summed E-state index contributed by atoms with van der Waals surface area (Å²) in [7, 11) is 3.47. The number of carbonyl (C=O) groups is 2. The number of aromatic nitrogens is 2. The Hall–Kier alpha value is -4.11. The summed E-state index contributed by atoms with van der Waals surface area (Å²) in [5, 5.41) is 2.46. The van der Waals surface area contributed by atoms with E-state index < -0.39 is 6.86 Å². The molecule has 2 amide bonds. The molecule has 0 spiro atoms. The number of amides is 2. The van der Waals surface area contributed by atoms with Crippen molar-refractivity contribution in [2.24, 2.45) is 5.92 Å². The highest BCUT2D eigenvalue weighted by atomic mass is 32.1. The van der Waals surface area contributed by atoms with Crippen molar-refractivity contribution in [3.8, 4) is 28.1 Å². The molecule has 0 aliphatic carbocycles. The van der Waals surface area contributed by atoms with Crippen LogP contribution in [0.25, 0.3) is 22.4 Å². The summed E-state index contributed by atoms with van der Waals surface area (Å²) in [6.07, 6.45) is 3.39. The number of halogens is 1. The molecule has 5 rings (SSSR count). The lowest BCUT2D eigenvalue weighted by Gasteiger charge is -2.21. The van der Waals surface area contributed by atoms with Gasteiger partial charge in [-0.15, -0.1) is 11.3 Å². The Bertz CT molecular complexity index is 1510. The third-order valence-electron chi connectivity index (χ3n) is 7.05. The first-order valence-corrected chi connectivity index (χ1v) is 13.6. The number of rotatable bonds is 9. The number of hydrogen-bond acceptors (Lipinski definition) is 6. The molecule has 0 radical (unpaired) electrons. The number of fused-ring (bicyclic) bond motifs is 1. The maximum atomic E-state index is 13.4. The Morgan fingerprint density at radius 3 is 2.72 bits per heavy atom. The Balaban J connectivity index is 1.46. The molecule has 200 valence electrons. The summed E-state index contributed by atoms with van der Waals surface area (Å²) >= 11 is 1.37. The number of anilines is 2. The van der Waals surface area contributed by atoms with E-state index in [-0.39, 0.29) is 17.7 Å². The Kier molecular flexibility index (Phi) is 7.70. The van der Waals surface area contributed by atoms with E-state index in [1.165, 1.54) is 11.3 Å². The predicted molar refractivity (Wildman–Crippen MR) is 152 cm³/mol. The Morgan fingerprint density at radius 2 is 1.97 bits per heavy atom. The summed E-state index contributed by atoms with van der Waals surface area (Å²) in [5.74, 6) is 0.859. The normalized spacial score (nSPS) is 13.3. The van der Waals surface area contributed by atoms with Gasteiger partial charge in [0.25, 0.3) is 0 Å². The smallest absolute Gasteiger partial charge is 0.232 e. The lowest BCUT2D eigenvalue weighted by Crippen LogP contribution is -2.33. The van der Waals surface area contributed by atoms with Gasteiger partial charge in [-0.25, -0.2) is 14.4 Å². The molecule has 3 heterocycles. The minimum Gasteiger partial charge on any atom is -0.463 e. The molecule has 2 aromatic heterocycles. The Morgan fingerprint density at radius 1 is 1.18 bits per heavy atom. The van der Waals surface area contributed by atoms with E-state index >= 15 is 0 Å². The van der Waals surface area contributed by atoms with Gasteiger partial charge in [-0.1, -0.05) is 37.3 Å². The summed E-state index contributed by atoms with van der Waals surface area (Å²) in [4.78, 5) is 38.1. The largest absolute Gasteiger partial charge is 0.463 e. The first-order valence-electron chi connectivity index (χ1n) is 12.8. The summed E-state index contributed by atoms with van der Waals surface area (Å²) in [6, 6.07) is 17.2. The standard InChI is InChI=1S/C30H29FN4O3S/c1-4-20(12-19-8-6-5-7-9-19)29(37)35(3)30-33-26(17-39-30)25-15-23(38-18-31)10-11-24(25)22-13-21-14-27(36)34(2)28(21)32-16-22/h5-11,13,15-17,20H,4,12,14,18H2,1-3H3/t20-/m1/s1. The number of benzene rings is 2. The zero-order valence-corrected chi connectivity index (χ0v) is 22.9. The molecule has 0 saturated heterocycles. The van der Waals surface area contributed by atoms with Crippen molar-refractivity contribution in [1.29, 1.82) is 0 Å². The molecule has 1 aliphatic heterocycles. The van der Waals surface area contributed by atoms with Gasteiger partial charge in [0.2, 0.25) is 18.7 Å². The second-order valence-electron chi connectivity index (χ2n) is 9.50. The molecular weight excluding hydrogens is 515 g/mol. The highest BCUT2D eigenvalue weighted by Gasteiger charge is 2.27. The predicted octanol–water partition coefficient (Wildman–Crippen LogP) is 5.93. The number of hydrogen-bond donors (Lipinski definition) is 0. The summed E-state index contributed by atoms with van der Waals surface area (Å²) in [6.45, 7) is 1.07. The molecule has 2 aromatic carbocycles. The van der Waals surface area contributed by atoms with E-state index in [1.54, 1.807) is 42.2 Å². The van der Waals surface area contributed by atoms with Gasteiger partial charge in [-0.2, -0.15) is 0 Å². The quantitative estimate of drug-likeness (QED) is 0.261. The minimum atomic E-state index is -0.951. The molecular formula is C30H29FN4O3S. The summed E-state index contributed by atoms with van der Waals surface area (Å²) in [5.41, 5.74) is 4.96. The second-order valence-corrected chi connectivity index (χ2v) is 10.3. The van der Waals surface area contributed by atoms with Gasteiger partial charge in [0.1, 0.15) is 11.6 Å². The van der Waals surface area contributed by atoms with Crippen molar-refractivity contribution >= 4 is 34.1 Å². The molecule has 0 bridgehead atoms. The van der Waals surface area contributed by atoms with Crippen LogP contribution in [0.1, 0.15) is 24.5 Å². The zero-order valence-electron chi connectivity index (χ0n) is 22.1. The van der Waals surface area contributed by atoms with Gasteiger partial charge in [0.15, 0.2) is 5.13 Å². The van der Waals surface area contributed by atoms with Crippen LogP contribution in [0.3, 0.4) is 0 Å². The molecule has 1 aliphatic rings. The van der Waals surface area contributed by atoms with Gasteiger partial charge in [-0.3, -0.25) is 19.4 Å². The Labute approximate surface area is 230 Å². The lowest BCUT2D eigenvalue weighted by molar-refractivity contribution is -0.122. The summed E-state index contributed by atoms with van der Waals surface area (Å²) < 4.78 is 18.1. The van der Waals surface area contributed by atoms with Crippen LogP contribution < -0.4 is 14.5 Å². The fourth-order valence-electron chi connectivity index (χ4n) is 4.84. The van der Waals surface area contributed by atoms with Gasteiger partial charge in [-0.05, 0) is 48.2 Å². The topological polar surface area (TPSA) is 75.6 Å². The lowest BCUT2D eigenvalue weighted by atomic mass is 9.96. The number of thiazole rings is 1. The monoisotopic (exact) mass is 544 g/mol. The molecule has 0 unspecified atom stereocenters. The van der Waals surface area contributed by atoms with E-state index in [9.17, 15) is 14.0 Å². The van der Waals surface area contributed by atoms with Crippen LogP contribution in [0.15, 0.2) is 66.2 Å². The van der Waals surface area contributed by atoms with Crippen LogP contribution in [0, 0.1) is 5.92 Å². The molecule has 0 N–H and O–H groups in total. The van der Waals surface area contributed by atoms with Gasteiger partial charge in [0.05, 0.1) is 12.1 Å². The fraction of sp³-hybridized carbons (Fsp3) is 0.267. The number of ether oxygens (including phenoxy) is 1.